The first kappa shape index (κ1) is 18.6. The zero-order valence-corrected chi connectivity index (χ0v) is 15.6. The maximum atomic E-state index is 13.7. The summed E-state index contributed by atoms with van der Waals surface area (Å²) < 4.78 is 19.4. The highest BCUT2D eigenvalue weighted by atomic mass is 19.1. The van der Waals surface area contributed by atoms with Gasteiger partial charge in [0.2, 0.25) is 0 Å². The van der Waals surface area contributed by atoms with Crippen LogP contribution in [0.2, 0.25) is 0 Å². The Hall–Kier alpha value is -2.20. The highest BCUT2D eigenvalue weighted by Crippen LogP contribution is 2.35. The molecule has 1 fully saturated rings. The minimum atomic E-state index is -0.531. The minimum absolute atomic E-state index is 0.0655. The van der Waals surface area contributed by atoms with Crippen LogP contribution in [-0.2, 0) is 16.1 Å². The molecule has 4 heteroatoms. The topological polar surface area (TPSA) is 29.5 Å². The molecule has 2 aromatic carbocycles. The van der Waals surface area contributed by atoms with Gasteiger partial charge in [-0.3, -0.25) is 9.69 Å². The Morgan fingerprint density at radius 3 is 2.50 bits per heavy atom. The summed E-state index contributed by atoms with van der Waals surface area (Å²) >= 11 is 0. The van der Waals surface area contributed by atoms with Gasteiger partial charge < -0.3 is 4.74 Å². The third kappa shape index (κ3) is 4.70. The molecular weight excluding hydrogens is 329 g/mol. The molecule has 0 saturated carbocycles. The van der Waals surface area contributed by atoms with Crippen molar-refractivity contribution in [3.05, 3.63) is 71.5 Å². The van der Waals surface area contributed by atoms with Crippen LogP contribution >= 0.6 is 0 Å². The van der Waals surface area contributed by atoms with Crippen LogP contribution in [0.4, 0.5) is 4.39 Å². The van der Waals surface area contributed by atoms with Crippen molar-refractivity contribution in [3.63, 3.8) is 0 Å². The van der Waals surface area contributed by atoms with Crippen molar-refractivity contribution in [2.75, 3.05) is 13.1 Å². The number of nitrogens with zero attached hydrogens (tertiary/aromatic N) is 1. The monoisotopic (exact) mass is 355 g/mol. The molecule has 3 rings (SSSR count). The molecule has 0 aliphatic carbocycles. The van der Waals surface area contributed by atoms with Crippen molar-refractivity contribution < 1.29 is 13.9 Å². The summed E-state index contributed by atoms with van der Waals surface area (Å²) in [6.45, 7) is 7.72. The predicted octanol–water partition coefficient (Wildman–Crippen LogP) is 4.38. The average molecular weight is 355 g/mol. The summed E-state index contributed by atoms with van der Waals surface area (Å²) in [4.78, 5) is 15.0. The van der Waals surface area contributed by atoms with Gasteiger partial charge in [-0.2, -0.15) is 0 Å². The molecule has 1 heterocycles. The van der Waals surface area contributed by atoms with Crippen LogP contribution in [0.15, 0.2) is 54.6 Å². The molecule has 138 valence electrons. The molecule has 0 N–H and O–H groups in total. The predicted molar refractivity (Wildman–Crippen MR) is 100 cm³/mol. The number of ether oxygens (including phenoxy) is 1. The molecule has 2 aromatic rings. The lowest BCUT2D eigenvalue weighted by atomic mass is 9.89. The Bertz CT molecular complexity index is 754. The highest BCUT2D eigenvalue weighted by Gasteiger charge is 2.40. The molecule has 26 heavy (non-hydrogen) atoms. The van der Waals surface area contributed by atoms with Crippen molar-refractivity contribution in [1.82, 2.24) is 4.90 Å². The Morgan fingerprint density at radius 1 is 1.12 bits per heavy atom. The Morgan fingerprint density at radius 2 is 1.85 bits per heavy atom. The lowest BCUT2D eigenvalue weighted by Gasteiger charge is -2.24. The molecule has 1 aliphatic rings. The van der Waals surface area contributed by atoms with Crippen molar-refractivity contribution in [2.24, 2.45) is 5.92 Å². The second kappa shape index (κ2) is 7.58. The van der Waals surface area contributed by atoms with Crippen LogP contribution in [0.25, 0.3) is 0 Å². The molecule has 0 radical (unpaired) electrons. The minimum Gasteiger partial charge on any atom is -0.460 e. The van der Waals surface area contributed by atoms with Crippen LogP contribution in [0.3, 0.4) is 0 Å². The van der Waals surface area contributed by atoms with Crippen molar-refractivity contribution in [2.45, 2.75) is 38.8 Å². The van der Waals surface area contributed by atoms with E-state index in [1.807, 2.05) is 45.0 Å². The van der Waals surface area contributed by atoms with Gasteiger partial charge in [0.05, 0.1) is 5.92 Å². The molecule has 0 aromatic heterocycles. The van der Waals surface area contributed by atoms with E-state index in [2.05, 4.69) is 17.0 Å². The Balaban J connectivity index is 1.82. The summed E-state index contributed by atoms with van der Waals surface area (Å²) in [5, 5.41) is 0. The average Bonchev–Trinajstić information content (AvgIpc) is 2.98. The second-order valence-electron chi connectivity index (χ2n) is 7.98. The van der Waals surface area contributed by atoms with E-state index in [-0.39, 0.29) is 23.6 Å². The summed E-state index contributed by atoms with van der Waals surface area (Å²) in [5.41, 5.74) is 1.53. The van der Waals surface area contributed by atoms with E-state index in [9.17, 15) is 9.18 Å². The van der Waals surface area contributed by atoms with Gasteiger partial charge >= 0.3 is 5.97 Å². The van der Waals surface area contributed by atoms with Crippen LogP contribution < -0.4 is 0 Å². The Kier molecular flexibility index (Phi) is 5.42. The highest BCUT2D eigenvalue weighted by molar-refractivity contribution is 5.75. The summed E-state index contributed by atoms with van der Waals surface area (Å²) in [7, 11) is 0. The first-order chi connectivity index (χ1) is 12.3. The number of hydrogen-bond donors (Lipinski definition) is 0. The van der Waals surface area contributed by atoms with Gasteiger partial charge in [-0.15, -0.1) is 0 Å². The van der Waals surface area contributed by atoms with Crippen LogP contribution in [0.1, 0.15) is 37.8 Å². The summed E-state index contributed by atoms with van der Waals surface area (Å²) in [6.07, 6.45) is 0. The fraction of sp³-hybridized carbons (Fsp3) is 0.409. The number of hydrogen-bond acceptors (Lipinski definition) is 3. The van der Waals surface area contributed by atoms with Crippen molar-refractivity contribution in [3.8, 4) is 0 Å². The SMILES string of the molecule is CC(C)(C)OC(=O)[C@@H]1CN(Cc2ccccc2)C[C@H]1c1cccc(F)c1. The molecule has 0 spiro atoms. The van der Waals surface area contributed by atoms with E-state index in [0.717, 1.165) is 12.1 Å². The molecular formula is C22H26FNO2. The van der Waals surface area contributed by atoms with Crippen LogP contribution in [0, 0.1) is 11.7 Å². The molecule has 1 aliphatic heterocycles. The first-order valence-corrected chi connectivity index (χ1v) is 9.06. The van der Waals surface area contributed by atoms with E-state index in [0.29, 0.717) is 13.1 Å². The fourth-order valence-electron chi connectivity index (χ4n) is 3.55. The molecule has 1 saturated heterocycles. The molecule has 2 atom stereocenters. The number of rotatable bonds is 4. The number of benzene rings is 2. The van der Waals surface area contributed by atoms with Gasteiger partial charge in [-0.25, -0.2) is 4.39 Å². The maximum Gasteiger partial charge on any atom is 0.311 e. The fourth-order valence-corrected chi connectivity index (χ4v) is 3.55. The first-order valence-electron chi connectivity index (χ1n) is 9.06. The summed E-state index contributed by atoms with van der Waals surface area (Å²) in [6, 6.07) is 16.8. The lowest BCUT2D eigenvalue weighted by Crippen LogP contribution is -2.32. The third-order valence-electron chi connectivity index (χ3n) is 4.63. The van der Waals surface area contributed by atoms with Crippen LogP contribution in [0.5, 0.6) is 0 Å². The standard InChI is InChI=1S/C22H26FNO2/c1-22(2,3)26-21(25)20-15-24(13-16-8-5-4-6-9-16)14-19(20)17-10-7-11-18(23)12-17/h4-12,19-20H,13-15H2,1-3H3/t19-,20+/m0/s1. The van der Waals surface area contributed by atoms with E-state index < -0.39 is 5.60 Å². The van der Waals surface area contributed by atoms with Gasteiger partial charge in [0.15, 0.2) is 0 Å². The normalized spacial score (nSPS) is 20.9. The maximum absolute atomic E-state index is 13.7. The van der Waals surface area contributed by atoms with Gasteiger partial charge in [0.25, 0.3) is 0 Å². The van der Waals surface area contributed by atoms with E-state index >= 15 is 0 Å². The second-order valence-corrected chi connectivity index (χ2v) is 7.98. The van der Waals surface area contributed by atoms with Gasteiger partial charge in [0, 0.05) is 25.6 Å². The van der Waals surface area contributed by atoms with Crippen molar-refractivity contribution >= 4 is 5.97 Å². The number of carbonyl (C=O) groups excluding carboxylic acids is 1. The van der Waals surface area contributed by atoms with Gasteiger partial charge in [-0.05, 0) is 44.0 Å². The number of likely N-dealkylation sites (tertiary alicyclic amines) is 1. The molecule has 3 nitrogen and oxygen atoms in total. The van der Waals surface area contributed by atoms with E-state index in [1.54, 1.807) is 6.07 Å². The number of carbonyl (C=O) groups is 1. The largest absolute Gasteiger partial charge is 0.460 e. The number of halogens is 1. The van der Waals surface area contributed by atoms with Crippen LogP contribution in [-0.4, -0.2) is 29.6 Å². The molecule has 0 unspecified atom stereocenters. The Labute approximate surface area is 154 Å². The zero-order chi connectivity index (χ0) is 18.7. The molecule has 0 amide bonds. The summed E-state index contributed by atoms with van der Waals surface area (Å²) in [5.74, 6) is -0.835. The smallest absolute Gasteiger partial charge is 0.311 e. The van der Waals surface area contributed by atoms with E-state index in [4.69, 9.17) is 4.74 Å². The van der Waals surface area contributed by atoms with Gasteiger partial charge in [-0.1, -0.05) is 42.5 Å². The lowest BCUT2D eigenvalue weighted by molar-refractivity contribution is -0.160. The molecule has 0 bridgehead atoms. The zero-order valence-electron chi connectivity index (χ0n) is 15.6. The number of esters is 1. The van der Waals surface area contributed by atoms with E-state index in [1.165, 1.54) is 17.7 Å². The quantitative estimate of drug-likeness (QED) is 0.762. The van der Waals surface area contributed by atoms with Gasteiger partial charge in [0.1, 0.15) is 11.4 Å². The van der Waals surface area contributed by atoms with Crippen molar-refractivity contribution in [1.29, 1.82) is 0 Å². The third-order valence-corrected chi connectivity index (χ3v) is 4.63.